The molecule has 1 unspecified atom stereocenters. The number of hydrogen-bond donors (Lipinski definition) is 1. The zero-order valence-corrected chi connectivity index (χ0v) is 17.7. The van der Waals surface area contributed by atoms with Crippen molar-refractivity contribution in [2.45, 2.75) is 26.5 Å². The summed E-state index contributed by atoms with van der Waals surface area (Å²) in [5.74, 6) is 1.22. The molecule has 0 amide bonds. The number of halogens is 1. The second-order valence-corrected chi connectivity index (χ2v) is 7.08. The average molecular weight is 412 g/mol. The van der Waals surface area contributed by atoms with Crippen LogP contribution in [0.25, 0.3) is 0 Å². The number of aromatic nitrogens is 2. The molecule has 0 saturated heterocycles. The Morgan fingerprint density at radius 1 is 1.48 bits per heavy atom. The molecule has 0 aliphatic heterocycles. The van der Waals surface area contributed by atoms with Gasteiger partial charge in [-0.25, -0.2) is 15.0 Å². The maximum absolute atomic E-state index is 6.03. The quantitative estimate of drug-likeness (QED) is 0.387. The van der Waals surface area contributed by atoms with Gasteiger partial charge >= 0.3 is 0 Å². The molecule has 0 aliphatic carbocycles. The molecule has 9 heteroatoms. The minimum absolute atomic E-state index is 0.00605. The first-order chi connectivity index (χ1) is 13.0. The van der Waals surface area contributed by atoms with Gasteiger partial charge in [-0.3, -0.25) is 0 Å². The molecular formula is C18H26ClN5O2S. The van der Waals surface area contributed by atoms with Crippen molar-refractivity contribution in [1.29, 1.82) is 0 Å². The second-order valence-electron chi connectivity index (χ2n) is 5.79. The van der Waals surface area contributed by atoms with Crippen molar-refractivity contribution in [2.24, 2.45) is 4.99 Å². The maximum atomic E-state index is 6.03. The first kappa shape index (κ1) is 21.4. The number of methoxy groups -OCH3 is 1. The Morgan fingerprint density at radius 3 is 3.00 bits per heavy atom. The zero-order valence-electron chi connectivity index (χ0n) is 16.1. The monoisotopic (exact) mass is 411 g/mol. The molecule has 148 valence electrons. The lowest BCUT2D eigenvalue weighted by atomic mass is 10.4. The van der Waals surface area contributed by atoms with Gasteiger partial charge in [0.1, 0.15) is 22.7 Å². The highest BCUT2D eigenvalue weighted by Gasteiger charge is 2.12. The van der Waals surface area contributed by atoms with Gasteiger partial charge < -0.3 is 19.7 Å². The van der Waals surface area contributed by atoms with Crippen molar-refractivity contribution < 1.29 is 9.47 Å². The van der Waals surface area contributed by atoms with Crippen LogP contribution in [-0.4, -0.2) is 54.7 Å². The van der Waals surface area contributed by atoms with Crippen molar-refractivity contribution in [3.63, 3.8) is 0 Å². The summed E-state index contributed by atoms with van der Waals surface area (Å²) in [5.41, 5.74) is 0.989. The lowest BCUT2D eigenvalue weighted by molar-refractivity contribution is 0.119. The Bertz CT molecular complexity index is 740. The van der Waals surface area contributed by atoms with E-state index in [2.05, 4.69) is 25.7 Å². The topological polar surface area (TPSA) is 71.9 Å². The molecule has 1 N–H and O–H groups in total. The van der Waals surface area contributed by atoms with Crippen molar-refractivity contribution in [3.8, 4) is 5.88 Å². The van der Waals surface area contributed by atoms with Gasteiger partial charge in [0, 0.05) is 32.3 Å². The van der Waals surface area contributed by atoms with Crippen LogP contribution in [0.4, 0.5) is 0 Å². The van der Waals surface area contributed by atoms with Crippen molar-refractivity contribution >= 4 is 28.9 Å². The largest absolute Gasteiger partial charge is 0.475 e. The zero-order chi connectivity index (χ0) is 19.6. The van der Waals surface area contributed by atoms with E-state index in [0.29, 0.717) is 30.6 Å². The molecular weight excluding hydrogens is 386 g/mol. The highest BCUT2D eigenvalue weighted by atomic mass is 35.5. The Balaban J connectivity index is 1.91. The van der Waals surface area contributed by atoms with Crippen molar-refractivity contribution in [3.05, 3.63) is 39.4 Å². The fourth-order valence-electron chi connectivity index (χ4n) is 2.24. The van der Waals surface area contributed by atoms with Gasteiger partial charge in [0.05, 0.1) is 18.8 Å². The normalized spacial score (nSPS) is 12.7. The number of nitrogens with one attached hydrogen (secondary N) is 1. The van der Waals surface area contributed by atoms with Crippen LogP contribution in [0.3, 0.4) is 0 Å². The fraction of sp³-hybridized carbons (Fsp3) is 0.500. The Kier molecular flexibility index (Phi) is 8.77. The number of ether oxygens (including phenoxy) is 2. The summed E-state index contributed by atoms with van der Waals surface area (Å²) in [4.78, 5) is 15.4. The summed E-state index contributed by atoms with van der Waals surface area (Å²) in [7, 11) is 3.67. The van der Waals surface area contributed by atoms with Gasteiger partial charge in [0.2, 0.25) is 5.88 Å². The second kappa shape index (κ2) is 11.1. The number of guanidine groups is 1. The van der Waals surface area contributed by atoms with Crippen LogP contribution in [0.5, 0.6) is 5.88 Å². The van der Waals surface area contributed by atoms with E-state index in [0.717, 1.165) is 23.2 Å². The van der Waals surface area contributed by atoms with Crippen LogP contribution in [-0.2, 0) is 11.3 Å². The van der Waals surface area contributed by atoms with E-state index in [1.807, 2.05) is 25.8 Å². The minimum atomic E-state index is 0.00605. The molecule has 2 rings (SSSR count). The van der Waals surface area contributed by atoms with E-state index in [1.54, 1.807) is 36.8 Å². The van der Waals surface area contributed by atoms with Gasteiger partial charge in [-0.2, -0.15) is 0 Å². The van der Waals surface area contributed by atoms with Crippen LogP contribution >= 0.6 is 22.9 Å². The van der Waals surface area contributed by atoms with Gasteiger partial charge in [-0.1, -0.05) is 11.6 Å². The van der Waals surface area contributed by atoms with Crippen molar-refractivity contribution in [1.82, 2.24) is 20.2 Å². The van der Waals surface area contributed by atoms with E-state index in [9.17, 15) is 0 Å². The summed E-state index contributed by atoms with van der Waals surface area (Å²) < 4.78 is 10.9. The van der Waals surface area contributed by atoms with E-state index < -0.39 is 0 Å². The standard InChI is InChI=1S/C18H26ClN5O2S/c1-5-20-18(22-9-10-26-16-15(19)7-6-8-21-16)24(3)11-14-12-27-17(23-14)13(2)25-4/h6-8,12-13H,5,9-11H2,1-4H3,(H,20,22). The molecule has 0 radical (unpaired) electrons. The molecule has 0 aromatic carbocycles. The summed E-state index contributed by atoms with van der Waals surface area (Å²) >= 11 is 7.64. The summed E-state index contributed by atoms with van der Waals surface area (Å²) in [6.45, 7) is 6.35. The summed E-state index contributed by atoms with van der Waals surface area (Å²) in [6, 6.07) is 3.51. The Morgan fingerprint density at radius 2 is 2.30 bits per heavy atom. The molecule has 1 atom stereocenters. The van der Waals surface area contributed by atoms with Crippen LogP contribution in [0.1, 0.15) is 30.7 Å². The predicted octanol–water partition coefficient (Wildman–Crippen LogP) is 3.38. The van der Waals surface area contributed by atoms with Crippen LogP contribution in [0.2, 0.25) is 5.02 Å². The molecule has 7 nitrogen and oxygen atoms in total. The summed E-state index contributed by atoms with van der Waals surface area (Å²) in [5, 5.41) is 6.81. The number of thiazole rings is 1. The third-order valence-electron chi connectivity index (χ3n) is 3.68. The fourth-order valence-corrected chi connectivity index (χ4v) is 3.26. The van der Waals surface area contributed by atoms with Gasteiger partial charge in [0.15, 0.2) is 5.96 Å². The third kappa shape index (κ3) is 6.64. The first-order valence-corrected chi connectivity index (χ1v) is 10.0. The lowest BCUT2D eigenvalue weighted by Gasteiger charge is -2.21. The molecule has 0 bridgehead atoms. The molecule has 0 saturated carbocycles. The molecule has 27 heavy (non-hydrogen) atoms. The first-order valence-electron chi connectivity index (χ1n) is 8.75. The van der Waals surface area contributed by atoms with Crippen molar-refractivity contribution in [2.75, 3.05) is 33.9 Å². The predicted molar refractivity (Wildman–Crippen MR) is 110 cm³/mol. The van der Waals surface area contributed by atoms with Gasteiger partial charge in [0.25, 0.3) is 0 Å². The van der Waals surface area contributed by atoms with E-state index in [-0.39, 0.29) is 6.10 Å². The van der Waals surface area contributed by atoms with E-state index in [1.165, 1.54) is 0 Å². The maximum Gasteiger partial charge on any atom is 0.232 e. The smallest absolute Gasteiger partial charge is 0.232 e. The molecule has 2 aromatic rings. The number of nitrogens with zero attached hydrogens (tertiary/aromatic N) is 4. The molecule has 2 heterocycles. The van der Waals surface area contributed by atoms with E-state index >= 15 is 0 Å². The average Bonchev–Trinajstić information content (AvgIpc) is 3.13. The number of hydrogen-bond acceptors (Lipinski definition) is 6. The highest BCUT2D eigenvalue weighted by molar-refractivity contribution is 7.09. The molecule has 0 spiro atoms. The van der Waals surface area contributed by atoms with Gasteiger partial charge in [-0.15, -0.1) is 11.3 Å². The van der Waals surface area contributed by atoms with Crippen LogP contribution < -0.4 is 10.1 Å². The highest BCUT2D eigenvalue weighted by Crippen LogP contribution is 2.21. The molecule has 2 aromatic heterocycles. The van der Waals surface area contributed by atoms with Crippen LogP contribution in [0.15, 0.2) is 28.7 Å². The Labute approximate surface area is 169 Å². The molecule has 0 fully saturated rings. The Hall–Kier alpha value is -1.90. The lowest BCUT2D eigenvalue weighted by Crippen LogP contribution is -2.38. The summed E-state index contributed by atoms with van der Waals surface area (Å²) in [6.07, 6.45) is 1.65. The third-order valence-corrected chi connectivity index (χ3v) is 5.03. The van der Waals surface area contributed by atoms with Crippen LogP contribution in [0, 0.1) is 0 Å². The minimum Gasteiger partial charge on any atom is -0.475 e. The number of pyridine rings is 1. The van der Waals surface area contributed by atoms with Gasteiger partial charge in [-0.05, 0) is 26.0 Å². The number of rotatable bonds is 9. The SMILES string of the molecule is CCNC(=NCCOc1ncccc1Cl)N(C)Cc1csc(C(C)OC)n1. The number of aliphatic imine (C=N–C) groups is 1. The molecule has 0 aliphatic rings. The van der Waals surface area contributed by atoms with E-state index in [4.69, 9.17) is 21.1 Å².